The minimum Gasteiger partial charge on any atom is -0.340 e. The maximum atomic E-state index is 12.3. The fourth-order valence-electron chi connectivity index (χ4n) is 2.52. The Hall–Kier alpha value is -1.76. The Morgan fingerprint density at radius 1 is 1.55 bits per heavy atom. The Morgan fingerprint density at radius 3 is 3.15 bits per heavy atom. The summed E-state index contributed by atoms with van der Waals surface area (Å²) in [7, 11) is 0. The summed E-state index contributed by atoms with van der Waals surface area (Å²) < 4.78 is 1.57. The maximum absolute atomic E-state index is 12.3. The molecule has 0 N–H and O–H groups in total. The van der Waals surface area contributed by atoms with Crippen LogP contribution in [0.15, 0.2) is 18.0 Å². The van der Waals surface area contributed by atoms with Crippen LogP contribution in [0.4, 0.5) is 0 Å². The summed E-state index contributed by atoms with van der Waals surface area (Å²) in [6.07, 6.45) is 5.17. The zero-order valence-electron chi connectivity index (χ0n) is 11.4. The largest absolute Gasteiger partial charge is 0.340 e. The van der Waals surface area contributed by atoms with Crippen LogP contribution in [-0.4, -0.2) is 43.6 Å². The van der Waals surface area contributed by atoms with Crippen molar-refractivity contribution in [3.05, 3.63) is 28.7 Å². The molecule has 20 heavy (non-hydrogen) atoms. The number of thiazole rings is 1. The molecule has 1 amide bonds. The maximum Gasteiger partial charge on any atom is 0.244 e. The van der Waals surface area contributed by atoms with Crippen LogP contribution in [0.3, 0.4) is 0 Å². The molecule has 3 heterocycles. The van der Waals surface area contributed by atoms with E-state index in [1.165, 1.54) is 6.33 Å². The molecule has 0 bridgehead atoms. The van der Waals surface area contributed by atoms with Crippen LogP contribution in [0.5, 0.6) is 0 Å². The van der Waals surface area contributed by atoms with Crippen molar-refractivity contribution in [2.24, 2.45) is 0 Å². The topological polar surface area (TPSA) is 63.9 Å². The lowest BCUT2D eigenvalue weighted by molar-refractivity contribution is -0.133. The predicted molar refractivity (Wildman–Crippen MR) is 75.4 cm³/mol. The third-order valence-corrected chi connectivity index (χ3v) is 4.65. The third kappa shape index (κ3) is 2.87. The number of hydrogen-bond donors (Lipinski definition) is 0. The van der Waals surface area contributed by atoms with Crippen molar-refractivity contribution < 1.29 is 4.79 Å². The minimum absolute atomic E-state index is 0.105. The Labute approximate surface area is 121 Å². The summed E-state index contributed by atoms with van der Waals surface area (Å²) in [6, 6.07) is 0. The summed E-state index contributed by atoms with van der Waals surface area (Å²) in [6.45, 7) is 3.87. The average molecular weight is 291 g/mol. The second-order valence-corrected chi connectivity index (χ2v) is 5.99. The van der Waals surface area contributed by atoms with Gasteiger partial charge in [0.25, 0.3) is 0 Å². The van der Waals surface area contributed by atoms with Gasteiger partial charge in [0.05, 0.1) is 5.01 Å². The van der Waals surface area contributed by atoms with Gasteiger partial charge in [-0.15, -0.1) is 11.3 Å². The van der Waals surface area contributed by atoms with Gasteiger partial charge < -0.3 is 4.90 Å². The van der Waals surface area contributed by atoms with Gasteiger partial charge in [-0.25, -0.2) is 14.6 Å². The lowest BCUT2D eigenvalue weighted by Crippen LogP contribution is -2.40. The van der Waals surface area contributed by atoms with Crippen LogP contribution in [0.1, 0.15) is 29.5 Å². The highest BCUT2D eigenvalue weighted by atomic mass is 32.1. The molecule has 106 valence electrons. The SMILES string of the molecule is Cc1csc([C@@H]2CCCN(C(=O)Cn3cncn3)C2)n1. The average Bonchev–Trinajstić information content (AvgIpc) is 3.10. The number of carbonyl (C=O) groups excluding carboxylic acids is 1. The van der Waals surface area contributed by atoms with Crippen LogP contribution < -0.4 is 0 Å². The molecule has 1 aliphatic heterocycles. The molecule has 7 heteroatoms. The van der Waals surface area contributed by atoms with Gasteiger partial charge in [-0.2, -0.15) is 5.10 Å². The van der Waals surface area contributed by atoms with E-state index in [9.17, 15) is 4.79 Å². The van der Waals surface area contributed by atoms with Crippen molar-refractivity contribution in [3.63, 3.8) is 0 Å². The van der Waals surface area contributed by atoms with Crippen molar-refractivity contribution in [2.45, 2.75) is 32.2 Å². The molecule has 1 aliphatic rings. The van der Waals surface area contributed by atoms with Crippen LogP contribution in [0.2, 0.25) is 0 Å². The summed E-state index contributed by atoms with van der Waals surface area (Å²) in [5.41, 5.74) is 1.07. The quantitative estimate of drug-likeness (QED) is 0.858. The first-order chi connectivity index (χ1) is 9.72. The monoisotopic (exact) mass is 291 g/mol. The standard InChI is InChI=1S/C13H17N5OS/c1-10-7-20-13(16-10)11-3-2-4-17(5-11)12(19)6-18-9-14-8-15-18/h7-9,11H,2-6H2,1H3/t11-/m1/s1. The lowest BCUT2D eigenvalue weighted by atomic mass is 9.98. The van der Waals surface area contributed by atoms with E-state index in [2.05, 4.69) is 20.4 Å². The number of likely N-dealkylation sites (tertiary alicyclic amines) is 1. The molecule has 1 atom stereocenters. The van der Waals surface area contributed by atoms with E-state index in [-0.39, 0.29) is 12.5 Å². The molecule has 1 saturated heterocycles. The van der Waals surface area contributed by atoms with E-state index in [0.717, 1.165) is 36.6 Å². The highest BCUT2D eigenvalue weighted by Gasteiger charge is 2.26. The predicted octanol–water partition coefficient (Wildman–Crippen LogP) is 1.45. The molecule has 0 aromatic carbocycles. The van der Waals surface area contributed by atoms with E-state index >= 15 is 0 Å². The molecule has 0 aliphatic carbocycles. The van der Waals surface area contributed by atoms with E-state index in [1.807, 2.05) is 11.8 Å². The molecular formula is C13H17N5OS. The highest BCUT2D eigenvalue weighted by molar-refractivity contribution is 7.09. The number of amides is 1. The number of carbonyl (C=O) groups is 1. The van der Waals surface area contributed by atoms with Gasteiger partial charge in [0.2, 0.25) is 5.91 Å². The molecule has 0 spiro atoms. The smallest absolute Gasteiger partial charge is 0.244 e. The molecular weight excluding hydrogens is 274 g/mol. The summed E-state index contributed by atoms with van der Waals surface area (Å²) >= 11 is 1.70. The second-order valence-electron chi connectivity index (χ2n) is 5.10. The van der Waals surface area contributed by atoms with E-state index in [1.54, 1.807) is 22.3 Å². The van der Waals surface area contributed by atoms with Gasteiger partial charge in [-0.05, 0) is 19.8 Å². The normalized spacial score (nSPS) is 19.2. The first-order valence-corrected chi connectivity index (χ1v) is 7.62. The molecule has 0 saturated carbocycles. The summed E-state index contributed by atoms with van der Waals surface area (Å²) in [5.74, 6) is 0.482. The second kappa shape index (κ2) is 5.70. The van der Waals surface area contributed by atoms with Gasteiger partial charge in [0.1, 0.15) is 19.2 Å². The minimum atomic E-state index is 0.105. The number of aromatic nitrogens is 4. The number of aryl methyl sites for hydroxylation is 1. The third-order valence-electron chi connectivity index (χ3n) is 3.52. The van der Waals surface area contributed by atoms with E-state index in [0.29, 0.717) is 5.92 Å². The van der Waals surface area contributed by atoms with Crippen molar-refractivity contribution in [1.29, 1.82) is 0 Å². The molecule has 1 fully saturated rings. The van der Waals surface area contributed by atoms with E-state index in [4.69, 9.17) is 0 Å². The van der Waals surface area contributed by atoms with E-state index < -0.39 is 0 Å². The first-order valence-electron chi connectivity index (χ1n) is 6.74. The molecule has 0 unspecified atom stereocenters. The Kier molecular flexibility index (Phi) is 3.77. The Bertz CT molecular complexity index is 579. The van der Waals surface area contributed by atoms with Gasteiger partial charge in [0.15, 0.2) is 0 Å². The van der Waals surface area contributed by atoms with Gasteiger partial charge in [-0.1, -0.05) is 0 Å². The number of rotatable bonds is 3. The van der Waals surface area contributed by atoms with Crippen molar-refractivity contribution >= 4 is 17.2 Å². The highest BCUT2D eigenvalue weighted by Crippen LogP contribution is 2.29. The van der Waals surface area contributed by atoms with Crippen molar-refractivity contribution in [2.75, 3.05) is 13.1 Å². The summed E-state index contributed by atoms with van der Waals surface area (Å²) in [4.78, 5) is 22.6. The summed E-state index contributed by atoms with van der Waals surface area (Å²) in [5, 5.41) is 7.21. The van der Waals surface area contributed by atoms with Crippen molar-refractivity contribution in [1.82, 2.24) is 24.6 Å². The fraction of sp³-hybridized carbons (Fsp3) is 0.538. The fourth-order valence-corrected chi connectivity index (χ4v) is 3.44. The van der Waals surface area contributed by atoms with Crippen LogP contribution in [0.25, 0.3) is 0 Å². The van der Waals surface area contributed by atoms with Crippen LogP contribution >= 0.6 is 11.3 Å². The van der Waals surface area contributed by atoms with Crippen LogP contribution in [-0.2, 0) is 11.3 Å². The Balaban J connectivity index is 1.64. The Morgan fingerprint density at radius 2 is 2.45 bits per heavy atom. The number of piperidine rings is 1. The molecule has 2 aromatic rings. The zero-order valence-corrected chi connectivity index (χ0v) is 12.2. The molecule has 6 nitrogen and oxygen atoms in total. The molecule has 3 rings (SSSR count). The lowest BCUT2D eigenvalue weighted by Gasteiger charge is -2.31. The zero-order chi connectivity index (χ0) is 13.9. The van der Waals surface area contributed by atoms with Crippen LogP contribution in [0, 0.1) is 6.92 Å². The van der Waals surface area contributed by atoms with Crippen molar-refractivity contribution in [3.8, 4) is 0 Å². The van der Waals surface area contributed by atoms with Gasteiger partial charge in [0, 0.05) is 30.1 Å². The number of hydrogen-bond acceptors (Lipinski definition) is 5. The molecule has 0 radical (unpaired) electrons. The first kappa shape index (κ1) is 13.2. The number of nitrogens with zero attached hydrogens (tertiary/aromatic N) is 5. The van der Waals surface area contributed by atoms with Gasteiger partial charge in [-0.3, -0.25) is 4.79 Å². The van der Waals surface area contributed by atoms with Gasteiger partial charge >= 0.3 is 0 Å². The molecule has 2 aromatic heterocycles.